The number of fused-ring (bicyclic) bond motifs is 2. The molecular formula is C26H28SiZr-4. The molecule has 2 radical (unpaired) electrons. The van der Waals surface area contributed by atoms with Crippen molar-refractivity contribution < 1.29 is 23.3 Å². The maximum atomic E-state index is 3.32. The molecule has 0 aromatic heterocycles. The van der Waals surface area contributed by atoms with Crippen molar-refractivity contribution >= 4 is 6.88 Å². The van der Waals surface area contributed by atoms with Gasteiger partial charge in [-0.3, -0.25) is 0 Å². The zero-order chi connectivity index (χ0) is 19.1. The van der Waals surface area contributed by atoms with E-state index >= 15 is 0 Å². The molecule has 0 spiro atoms. The fourth-order valence-electron chi connectivity index (χ4n) is 3.02. The molecule has 0 amide bonds. The molecule has 0 aliphatic heterocycles. The van der Waals surface area contributed by atoms with Gasteiger partial charge in [-0.25, -0.2) is 0 Å². The summed E-state index contributed by atoms with van der Waals surface area (Å²) < 4.78 is 0. The molecular weight excluding hydrogens is 432 g/mol. The molecule has 144 valence electrons. The van der Waals surface area contributed by atoms with Gasteiger partial charge in [0, 0.05) is 0 Å². The summed E-state index contributed by atoms with van der Waals surface area (Å²) in [4.78, 5) is 0. The summed E-state index contributed by atoms with van der Waals surface area (Å²) in [5.74, 6) is 0. The van der Waals surface area contributed by atoms with Gasteiger partial charge in [0.2, 0.25) is 0 Å². The van der Waals surface area contributed by atoms with Crippen molar-refractivity contribution in [2.75, 3.05) is 0 Å². The summed E-state index contributed by atoms with van der Waals surface area (Å²) in [6, 6.07) is 27.7. The van der Waals surface area contributed by atoms with Crippen LogP contribution >= 0.6 is 0 Å². The van der Waals surface area contributed by atoms with Crippen LogP contribution in [0.4, 0.5) is 0 Å². The number of hydrogen-bond acceptors (Lipinski definition) is 0. The molecule has 0 fully saturated rings. The third-order valence-corrected chi connectivity index (χ3v) is 4.26. The molecule has 0 bridgehead atoms. The average molecular weight is 460 g/mol. The van der Waals surface area contributed by atoms with E-state index in [2.05, 4.69) is 107 Å². The fraction of sp³-hybridized carbons (Fsp3) is 0.154. The van der Waals surface area contributed by atoms with E-state index in [0.29, 0.717) is 0 Å². The van der Waals surface area contributed by atoms with Gasteiger partial charge in [0.15, 0.2) is 0 Å². The molecule has 28 heavy (non-hydrogen) atoms. The molecule has 0 nitrogen and oxygen atoms in total. The first-order chi connectivity index (χ1) is 12.5. The Morgan fingerprint density at radius 2 is 0.929 bits per heavy atom. The standard InChI is InChI=1S/2C12H11.2CH3.Si.Zr/c2*1-9-7-11-6-4-3-5-10(2)12(11)8-9;;;;/h2*3-6,8H,1-2H3;2*1H3;;/q4*-1;;. The Morgan fingerprint density at radius 1 is 0.607 bits per heavy atom. The van der Waals surface area contributed by atoms with Gasteiger partial charge in [-0.15, -0.1) is 58.7 Å². The number of hydrogen-bond donors (Lipinski definition) is 0. The molecule has 4 aliphatic carbocycles. The second kappa shape index (κ2) is 12.9. The third kappa shape index (κ3) is 6.83. The molecule has 0 saturated heterocycles. The van der Waals surface area contributed by atoms with Gasteiger partial charge in [0.05, 0.1) is 0 Å². The second-order valence-electron chi connectivity index (χ2n) is 6.36. The van der Waals surface area contributed by atoms with E-state index in [1.165, 1.54) is 67.8 Å². The van der Waals surface area contributed by atoms with Gasteiger partial charge in [-0.1, -0.05) is 49.2 Å². The molecule has 0 aromatic carbocycles. The van der Waals surface area contributed by atoms with Crippen LogP contribution in [0.1, 0.15) is 22.3 Å². The summed E-state index contributed by atoms with van der Waals surface area (Å²) in [5, 5.41) is 0. The Labute approximate surface area is 189 Å². The predicted octanol–water partition coefficient (Wildman–Crippen LogP) is 6.93. The van der Waals surface area contributed by atoms with E-state index in [9.17, 15) is 0 Å². The van der Waals surface area contributed by atoms with Gasteiger partial charge in [-0.2, -0.15) is 23.3 Å². The molecule has 4 aliphatic rings. The van der Waals surface area contributed by atoms with Gasteiger partial charge >= 0.3 is 30.2 Å². The topological polar surface area (TPSA) is 0 Å². The van der Waals surface area contributed by atoms with Gasteiger partial charge in [-0.05, 0) is 13.8 Å². The molecule has 0 atom stereocenters. The van der Waals surface area contributed by atoms with Crippen LogP contribution in [0.15, 0.2) is 60.7 Å². The van der Waals surface area contributed by atoms with E-state index in [1.807, 2.05) is 0 Å². The summed E-state index contributed by atoms with van der Waals surface area (Å²) >= 11 is 1.36. The van der Waals surface area contributed by atoms with Crippen molar-refractivity contribution in [1.82, 2.24) is 0 Å². The molecule has 0 unspecified atom stereocenters. The van der Waals surface area contributed by atoms with Crippen molar-refractivity contribution in [2.24, 2.45) is 0 Å². The van der Waals surface area contributed by atoms with Crippen molar-refractivity contribution in [3.63, 3.8) is 0 Å². The minimum atomic E-state index is 0. The molecule has 0 aromatic rings. The Morgan fingerprint density at radius 3 is 1.29 bits per heavy atom. The first kappa shape index (κ1) is 26.5. The van der Waals surface area contributed by atoms with Crippen LogP contribution < -0.4 is 0 Å². The van der Waals surface area contributed by atoms with E-state index < -0.39 is 0 Å². The molecule has 4 rings (SSSR count). The summed E-state index contributed by atoms with van der Waals surface area (Å²) in [7, 11) is 0. The van der Waals surface area contributed by atoms with Crippen LogP contribution in [0, 0.1) is 54.7 Å². The quantitative estimate of drug-likeness (QED) is 0.197. The SMILES string of the molecule is Cc1[c-]c2ccccc(C)c-2c1.Cc1[c-]c2ccccc(C)c-2c1.[CH3-].[CH3-].[Si]=[Zr]. The monoisotopic (exact) mass is 458 g/mol. The number of rotatable bonds is 0. The van der Waals surface area contributed by atoms with Crippen LogP contribution in [0.2, 0.25) is 0 Å². The van der Waals surface area contributed by atoms with E-state index in [4.69, 9.17) is 0 Å². The summed E-state index contributed by atoms with van der Waals surface area (Å²) in [6.07, 6.45) is 0. The van der Waals surface area contributed by atoms with Gasteiger partial charge in [0.1, 0.15) is 0 Å². The van der Waals surface area contributed by atoms with Gasteiger partial charge < -0.3 is 14.9 Å². The van der Waals surface area contributed by atoms with Crippen LogP contribution in [-0.2, 0) is 23.3 Å². The molecule has 0 heterocycles. The maximum absolute atomic E-state index is 3.32. The van der Waals surface area contributed by atoms with Crippen molar-refractivity contribution in [2.45, 2.75) is 27.7 Å². The average Bonchev–Trinajstić information content (AvgIpc) is 3.09. The Kier molecular flexibility index (Phi) is 12.2. The van der Waals surface area contributed by atoms with Crippen LogP contribution in [0.25, 0.3) is 22.3 Å². The first-order valence-electron chi connectivity index (χ1n) is 8.56. The number of aryl methyl sites for hydroxylation is 4. The van der Waals surface area contributed by atoms with E-state index in [0.717, 1.165) is 0 Å². The van der Waals surface area contributed by atoms with E-state index in [1.54, 1.807) is 0 Å². The fourth-order valence-corrected chi connectivity index (χ4v) is 3.02. The zero-order valence-electron chi connectivity index (χ0n) is 17.8. The minimum absolute atomic E-state index is 0. The van der Waals surface area contributed by atoms with Crippen molar-refractivity contribution in [1.29, 1.82) is 0 Å². The third-order valence-electron chi connectivity index (χ3n) is 4.26. The Balaban J connectivity index is 0.000000449. The van der Waals surface area contributed by atoms with Gasteiger partial charge in [0.25, 0.3) is 0 Å². The molecule has 0 N–H and O–H groups in total. The van der Waals surface area contributed by atoms with Crippen molar-refractivity contribution in [3.05, 3.63) is 110 Å². The Bertz CT molecular complexity index is 853. The zero-order valence-corrected chi connectivity index (χ0v) is 21.2. The Hall–Kier alpha value is -1.50. The molecule has 2 heteroatoms. The first-order valence-corrected chi connectivity index (χ1v) is 12.7. The van der Waals surface area contributed by atoms with Crippen LogP contribution in [-0.4, -0.2) is 6.88 Å². The summed E-state index contributed by atoms with van der Waals surface area (Å²) in [5.41, 5.74) is 10.2. The van der Waals surface area contributed by atoms with Crippen molar-refractivity contribution in [3.8, 4) is 22.3 Å². The predicted molar refractivity (Wildman–Crippen MR) is 121 cm³/mol. The van der Waals surface area contributed by atoms with Crippen LogP contribution in [0.3, 0.4) is 0 Å². The second-order valence-corrected chi connectivity index (χ2v) is 6.36. The normalized spacial score (nSPS) is 9.11. The van der Waals surface area contributed by atoms with E-state index in [-0.39, 0.29) is 14.9 Å². The summed E-state index contributed by atoms with van der Waals surface area (Å²) in [6.45, 7) is 11.5. The van der Waals surface area contributed by atoms with Crippen LogP contribution in [0.5, 0.6) is 0 Å². The molecule has 0 saturated carbocycles.